The predicted molar refractivity (Wildman–Crippen MR) is 117 cm³/mol. The van der Waals surface area contributed by atoms with E-state index in [1.807, 2.05) is 11.9 Å². The van der Waals surface area contributed by atoms with E-state index >= 15 is 0 Å². The quantitative estimate of drug-likeness (QED) is 0.717. The third kappa shape index (κ3) is 4.51. The Morgan fingerprint density at radius 2 is 2.00 bits per heavy atom. The first-order chi connectivity index (χ1) is 14.2. The number of para-hydroxylation sites is 1. The highest BCUT2D eigenvalue weighted by molar-refractivity contribution is 5.89. The molecule has 0 aliphatic carbocycles. The Kier molecular flexibility index (Phi) is 6.56. The Labute approximate surface area is 174 Å². The number of benzene rings is 1. The largest absolute Gasteiger partial charge is 0.383 e. The topological polar surface area (TPSA) is 37.7 Å². The van der Waals surface area contributed by atoms with Gasteiger partial charge in [0.2, 0.25) is 5.91 Å². The van der Waals surface area contributed by atoms with E-state index in [9.17, 15) is 4.79 Å². The van der Waals surface area contributed by atoms with Crippen molar-refractivity contribution >= 4 is 16.8 Å². The smallest absolute Gasteiger partial charge is 0.226 e. The van der Waals surface area contributed by atoms with Gasteiger partial charge in [0.15, 0.2) is 0 Å². The summed E-state index contributed by atoms with van der Waals surface area (Å²) in [4.78, 5) is 17.8. The zero-order valence-corrected chi connectivity index (χ0v) is 18.0. The SMILES string of the molecule is COCCn1cc(CC(=O)N(C)CC2CCCN3CCCCC23)c2ccccc21. The maximum absolute atomic E-state index is 13.1. The number of hydrogen-bond donors (Lipinski definition) is 0. The van der Waals surface area contributed by atoms with Crippen molar-refractivity contribution < 1.29 is 9.53 Å². The summed E-state index contributed by atoms with van der Waals surface area (Å²) in [5.74, 6) is 0.855. The summed E-state index contributed by atoms with van der Waals surface area (Å²) in [6.45, 7) is 4.87. The second-order valence-electron chi connectivity index (χ2n) is 8.81. The highest BCUT2D eigenvalue weighted by Crippen LogP contribution is 2.31. The van der Waals surface area contributed by atoms with Crippen LogP contribution < -0.4 is 0 Å². The molecule has 0 saturated carbocycles. The number of aromatic nitrogens is 1. The number of nitrogens with zero attached hydrogens (tertiary/aromatic N) is 3. The van der Waals surface area contributed by atoms with E-state index in [1.165, 1.54) is 56.1 Å². The lowest BCUT2D eigenvalue weighted by molar-refractivity contribution is -0.130. The molecular weight excluding hydrogens is 362 g/mol. The molecule has 4 rings (SSSR count). The van der Waals surface area contributed by atoms with E-state index < -0.39 is 0 Å². The molecule has 158 valence electrons. The first-order valence-electron chi connectivity index (χ1n) is 11.2. The summed E-state index contributed by atoms with van der Waals surface area (Å²) in [6, 6.07) is 9.05. The Balaban J connectivity index is 1.43. The van der Waals surface area contributed by atoms with Crippen molar-refractivity contribution in [3.05, 3.63) is 36.0 Å². The number of carbonyl (C=O) groups is 1. The van der Waals surface area contributed by atoms with Gasteiger partial charge in [-0.1, -0.05) is 24.6 Å². The summed E-state index contributed by atoms with van der Waals surface area (Å²) in [7, 11) is 3.72. The third-order valence-electron chi connectivity index (χ3n) is 6.91. The van der Waals surface area contributed by atoms with E-state index in [0.717, 1.165) is 18.7 Å². The molecule has 5 nitrogen and oxygen atoms in total. The highest BCUT2D eigenvalue weighted by atomic mass is 16.5. The molecule has 2 fully saturated rings. The maximum Gasteiger partial charge on any atom is 0.226 e. The molecule has 1 amide bonds. The minimum Gasteiger partial charge on any atom is -0.383 e. The van der Waals surface area contributed by atoms with Crippen LogP contribution in [0.4, 0.5) is 0 Å². The lowest BCUT2D eigenvalue weighted by Crippen LogP contribution is -2.51. The fourth-order valence-corrected chi connectivity index (χ4v) is 5.38. The number of likely N-dealkylation sites (N-methyl/N-ethyl adjacent to an activating group) is 1. The first-order valence-corrected chi connectivity index (χ1v) is 11.2. The molecule has 2 saturated heterocycles. The van der Waals surface area contributed by atoms with Crippen LogP contribution in [0.3, 0.4) is 0 Å². The summed E-state index contributed by atoms with van der Waals surface area (Å²) in [5, 5.41) is 1.18. The van der Waals surface area contributed by atoms with E-state index in [2.05, 4.69) is 39.9 Å². The average Bonchev–Trinajstić information content (AvgIpc) is 3.10. The molecule has 2 aliphatic rings. The Morgan fingerprint density at radius 3 is 2.86 bits per heavy atom. The monoisotopic (exact) mass is 397 g/mol. The van der Waals surface area contributed by atoms with Gasteiger partial charge in [0.05, 0.1) is 13.0 Å². The van der Waals surface area contributed by atoms with Crippen LogP contribution in [0.2, 0.25) is 0 Å². The van der Waals surface area contributed by atoms with Gasteiger partial charge >= 0.3 is 0 Å². The lowest BCUT2D eigenvalue weighted by atomic mass is 9.83. The summed E-state index contributed by atoms with van der Waals surface area (Å²) in [6.07, 6.45) is 9.13. The molecule has 0 radical (unpaired) electrons. The van der Waals surface area contributed by atoms with Gasteiger partial charge in [0.1, 0.15) is 0 Å². The molecule has 2 aromatic rings. The second kappa shape index (κ2) is 9.31. The number of fused-ring (bicyclic) bond motifs is 2. The fourth-order valence-electron chi connectivity index (χ4n) is 5.38. The maximum atomic E-state index is 13.1. The Morgan fingerprint density at radius 1 is 1.17 bits per heavy atom. The van der Waals surface area contributed by atoms with Crippen molar-refractivity contribution in [2.45, 2.75) is 51.1 Å². The fraction of sp³-hybridized carbons (Fsp3) is 0.625. The van der Waals surface area contributed by atoms with Gasteiger partial charge in [-0.15, -0.1) is 0 Å². The van der Waals surface area contributed by atoms with Crippen LogP contribution in [0.5, 0.6) is 0 Å². The molecule has 2 atom stereocenters. The van der Waals surface area contributed by atoms with Gasteiger partial charge < -0.3 is 19.1 Å². The molecule has 0 bridgehead atoms. The van der Waals surface area contributed by atoms with E-state index in [1.54, 1.807) is 7.11 Å². The van der Waals surface area contributed by atoms with Gasteiger partial charge in [-0.25, -0.2) is 0 Å². The average molecular weight is 398 g/mol. The number of amides is 1. The number of hydrogen-bond acceptors (Lipinski definition) is 3. The van der Waals surface area contributed by atoms with Crippen LogP contribution in [0.15, 0.2) is 30.5 Å². The van der Waals surface area contributed by atoms with E-state index in [0.29, 0.717) is 25.0 Å². The molecule has 29 heavy (non-hydrogen) atoms. The molecule has 2 unspecified atom stereocenters. The van der Waals surface area contributed by atoms with Crippen LogP contribution in [0, 0.1) is 5.92 Å². The number of methoxy groups -OCH3 is 1. The van der Waals surface area contributed by atoms with Gasteiger partial charge in [0.25, 0.3) is 0 Å². The van der Waals surface area contributed by atoms with Crippen molar-refractivity contribution in [3.8, 4) is 0 Å². The third-order valence-corrected chi connectivity index (χ3v) is 6.91. The minimum atomic E-state index is 0.229. The van der Waals surface area contributed by atoms with Crippen molar-refractivity contribution in [2.75, 3.05) is 40.4 Å². The molecule has 0 spiro atoms. The summed E-state index contributed by atoms with van der Waals surface area (Å²) in [5.41, 5.74) is 2.30. The van der Waals surface area contributed by atoms with Crippen LogP contribution in [-0.2, 0) is 22.5 Å². The summed E-state index contributed by atoms with van der Waals surface area (Å²) < 4.78 is 7.46. The molecule has 1 aromatic heterocycles. The zero-order chi connectivity index (χ0) is 20.2. The Bertz CT molecular complexity index is 829. The van der Waals surface area contributed by atoms with Crippen LogP contribution in [-0.4, -0.2) is 66.7 Å². The highest BCUT2D eigenvalue weighted by Gasteiger charge is 2.34. The van der Waals surface area contributed by atoms with E-state index in [4.69, 9.17) is 4.74 Å². The number of rotatable bonds is 7. The van der Waals surface area contributed by atoms with Gasteiger partial charge in [-0.05, 0) is 56.3 Å². The number of piperidine rings is 2. The van der Waals surface area contributed by atoms with Crippen molar-refractivity contribution in [1.82, 2.24) is 14.4 Å². The van der Waals surface area contributed by atoms with Gasteiger partial charge in [-0.3, -0.25) is 4.79 Å². The first kappa shape index (κ1) is 20.4. The molecule has 0 N–H and O–H groups in total. The second-order valence-corrected chi connectivity index (χ2v) is 8.81. The molecule has 3 heterocycles. The van der Waals surface area contributed by atoms with Gasteiger partial charge in [0, 0.05) is 50.4 Å². The van der Waals surface area contributed by atoms with Crippen molar-refractivity contribution in [3.63, 3.8) is 0 Å². The van der Waals surface area contributed by atoms with Crippen molar-refractivity contribution in [1.29, 1.82) is 0 Å². The number of ether oxygens (including phenoxy) is 1. The molecular formula is C24H35N3O2. The number of carbonyl (C=O) groups excluding carboxylic acids is 1. The van der Waals surface area contributed by atoms with Crippen LogP contribution in [0.25, 0.3) is 10.9 Å². The van der Waals surface area contributed by atoms with E-state index in [-0.39, 0.29) is 5.91 Å². The molecule has 1 aromatic carbocycles. The standard InChI is InChI=1S/C24H35N3O2/c1-25(17-19-8-7-13-26-12-6-5-10-22(19)26)24(28)16-20-18-27(14-15-29-2)23-11-4-3-9-21(20)23/h3-4,9,11,18-19,22H,5-8,10,12-17H2,1-2H3. The minimum absolute atomic E-state index is 0.229. The zero-order valence-electron chi connectivity index (χ0n) is 18.0. The van der Waals surface area contributed by atoms with Crippen LogP contribution >= 0.6 is 0 Å². The predicted octanol–water partition coefficient (Wildman–Crippen LogP) is 3.55. The lowest BCUT2D eigenvalue weighted by Gasteiger charge is -2.45. The van der Waals surface area contributed by atoms with Gasteiger partial charge in [-0.2, -0.15) is 0 Å². The Hall–Kier alpha value is -1.85. The van der Waals surface area contributed by atoms with Crippen LogP contribution in [0.1, 0.15) is 37.7 Å². The normalized spacial score (nSPS) is 22.6. The molecule has 2 aliphatic heterocycles. The summed E-state index contributed by atoms with van der Waals surface area (Å²) >= 11 is 0. The molecule has 5 heteroatoms. The van der Waals surface area contributed by atoms with Crippen molar-refractivity contribution in [2.24, 2.45) is 5.92 Å².